The van der Waals surface area contributed by atoms with Gasteiger partial charge in [0.1, 0.15) is 12.0 Å². The molecule has 9 aromatic carbocycles. The van der Waals surface area contributed by atoms with Gasteiger partial charge in [0.25, 0.3) is 0 Å². The summed E-state index contributed by atoms with van der Waals surface area (Å²) in [5, 5.41) is 10.3. The van der Waals surface area contributed by atoms with Crippen LogP contribution in [0.25, 0.3) is 88.8 Å². The first-order valence-electron chi connectivity index (χ1n) is 22.1. The molecule has 0 fully saturated rings. The van der Waals surface area contributed by atoms with E-state index in [2.05, 4.69) is 190 Å². The van der Waals surface area contributed by atoms with Crippen LogP contribution in [-0.4, -0.2) is 35.8 Å². The third-order valence-electron chi connectivity index (χ3n) is 12.6. The van der Waals surface area contributed by atoms with Crippen LogP contribution >= 0.6 is 0 Å². The van der Waals surface area contributed by atoms with Crippen molar-refractivity contribution < 1.29 is 0 Å². The lowest BCUT2D eigenvalue weighted by atomic mass is 10.1. The van der Waals surface area contributed by atoms with Crippen LogP contribution in [0.5, 0.6) is 0 Å². The molecule has 66 heavy (non-hydrogen) atoms. The van der Waals surface area contributed by atoms with Crippen molar-refractivity contribution in [1.82, 2.24) is 29.4 Å². The third kappa shape index (κ3) is 6.18. The minimum Gasteiger partial charge on any atom is -0.344 e. The van der Waals surface area contributed by atoms with Crippen molar-refractivity contribution in [1.29, 1.82) is 0 Å². The van der Waals surface area contributed by atoms with Gasteiger partial charge in [0.05, 0.1) is 27.8 Å². The fourth-order valence-corrected chi connectivity index (χ4v) is 9.57. The number of aromatic nitrogens is 5. The number of hydrogen-bond acceptors (Lipinski definition) is 6. The summed E-state index contributed by atoms with van der Waals surface area (Å²) in [4.78, 5) is 26.6. The van der Waals surface area contributed by atoms with Crippen molar-refractivity contribution in [2.45, 2.75) is 6.17 Å². The van der Waals surface area contributed by atoms with Gasteiger partial charge in [0.2, 0.25) is 5.95 Å². The first-order chi connectivity index (χ1) is 32.7. The number of aliphatic imine (C=N–C) groups is 2. The molecule has 0 amide bonds. The number of rotatable bonds is 7. The molecule has 8 nitrogen and oxygen atoms in total. The maximum Gasteiger partial charge on any atom is 0.238 e. The van der Waals surface area contributed by atoms with Gasteiger partial charge in [-0.25, -0.2) is 15.0 Å². The van der Waals surface area contributed by atoms with E-state index in [0.29, 0.717) is 23.4 Å². The van der Waals surface area contributed by atoms with E-state index in [1.165, 1.54) is 0 Å². The van der Waals surface area contributed by atoms with Crippen molar-refractivity contribution in [3.8, 4) is 34.4 Å². The number of amidine groups is 2. The Balaban J connectivity index is 1.11. The Bertz CT molecular complexity index is 3910. The zero-order valence-corrected chi connectivity index (χ0v) is 35.5. The molecular formula is C58H38N8. The first-order valence-corrected chi connectivity index (χ1v) is 22.1. The molecule has 0 aliphatic carbocycles. The second kappa shape index (κ2) is 15.4. The van der Waals surface area contributed by atoms with E-state index in [9.17, 15) is 0 Å². The molecule has 13 rings (SSSR count). The number of benzene rings is 9. The highest BCUT2D eigenvalue weighted by molar-refractivity contribution is 6.24. The number of hydrogen-bond donors (Lipinski definition) is 1. The molecule has 310 valence electrons. The Morgan fingerprint density at radius 1 is 0.409 bits per heavy atom. The summed E-state index contributed by atoms with van der Waals surface area (Å²) in [7, 11) is 0. The average molecular weight is 847 g/mol. The predicted molar refractivity (Wildman–Crippen MR) is 269 cm³/mol. The molecule has 0 spiro atoms. The molecule has 0 saturated heterocycles. The fourth-order valence-electron chi connectivity index (χ4n) is 9.57. The van der Waals surface area contributed by atoms with E-state index < -0.39 is 0 Å². The Hall–Kier alpha value is -9.01. The summed E-state index contributed by atoms with van der Waals surface area (Å²) < 4.78 is 4.63. The molecule has 1 atom stereocenters. The molecule has 1 aliphatic heterocycles. The maximum absolute atomic E-state index is 5.39. The van der Waals surface area contributed by atoms with Gasteiger partial charge in [-0.3, -0.25) is 4.57 Å². The summed E-state index contributed by atoms with van der Waals surface area (Å²) in [6.45, 7) is 0. The Kier molecular flexibility index (Phi) is 8.74. The van der Waals surface area contributed by atoms with Gasteiger partial charge in [-0.1, -0.05) is 188 Å². The van der Waals surface area contributed by atoms with Crippen LogP contribution in [0.1, 0.15) is 22.9 Å². The van der Waals surface area contributed by atoms with Crippen LogP contribution in [0.2, 0.25) is 0 Å². The summed E-state index contributed by atoms with van der Waals surface area (Å²) >= 11 is 0. The first kappa shape index (κ1) is 37.5. The summed E-state index contributed by atoms with van der Waals surface area (Å²) in [5.74, 6) is 3.12. The van der Waals surface area contributed by atoms with Crippen LogP contribution in [0, 0.1) is 0 Å². The van der Waals surface area contributed by atoms with Crippen LogP contribution in [0.15, 0.2) is 228 Å². The second-order valence-corrected chi connectivity index (χ2v) is 16.5. The molecular weight excluding hydrogens is 809 g/mol. The molecule has 8 heteroatoms. The normalized spacial score (nSPS) is 13.9. The van der Waals surface area contributed by atoms with E-state index >= 15 is 0 Å². The number of para-hydroxylation sites is 3. The minimum atomic E-state index is -0.353. The fraction of sp³-hybridized carbons (Fsp3) is 0.0172. The lowest BCUT2D eigenvalue weighted by Crippen LogP contribution is -2.33. The lowest BCUT2D eigenvalue weighted by molar-refractivity contribution is 0.674. The Morgan fingerprint density at radius 2 is 0.970 bits per heavy atom. The van der Waals surface area contributed by atoms with Crippen LogP contribution in [0.4, 0.5) is 0 Å². The molecule has 0 radical (unpaired) electrons. The van der Waals surface area contributed by atoms with Crippen LogP contribution < -0.4 is 5.32 Å². The third-order valence-corrected chi connectivity index (χ3v) is 12.6. The van der Waals surface area contributed by atoms with Crippen molar-refractivity contribution in [2.75, 3.05) is 0 Å². The van der Waals surface area contributed by atoms with E-state index in [1.54, 1.807) is 0 Å². The second-order valence-electron chi connectivity index (χ2n) is 16.5. The highest BCUT2D eigenvalue weighted by Crippen LogP contribution is 2.42. The van der Waals surface area contributed by atoms with Crippen molar-refractivity contribution in [3.63, 3.8) is 0 Å². The lowest BCUT2D eigenvalue weighted by Gasteiger charge is -2.24. The predicted octanol–water partition coefficient (Wildman–Crippen LogP) is 13.0. The molecule has 0 bridgehead atoms. The minimum absolute atomic E-state index is 0.353. The molecule has 0 saturated carbocycles. The monoisotopic (exact) mass is 846 g/mol. The van der Waals surface area contributed by atoms with Gasteiger partial charge in [-0.15, -0.1) is 0 Å². The van der Waals surface area contributed by atoms with E-state index in [-0.39, 0.29) is 6.17 Å². The number of nitrogens with zero attached hydrogens (tertiary/aromatic N) is 7. The van der Waals surface area contributed by atoms with E-state index in [0.717, 1.165) is 93.7 Å². The van der Waals surface area contributed by atoms with E-state index in [1.807, 2.05) is 42.5 Å². The summed E-state index contributed by atoms with van der Waals surface area (Å²) in [6, 6.07) is 75.8. The molecule has 12 aromatic rings. The summed E-state index contributed by atoms with van der Waals surface area (Å²) in [6.07, 6.45) is -0.353. The van der Waals surface area contributed by atoms with Gasteiger partial charge in [-0.05, 0) is 46.7 Å². The standard InChI is InChI=1S/C58H38N8/c1-4-19-38(20-5-1)53-59-54(39-21-6-2-7-22-39)62-57(61-53)47-28-14-17-31-50(47)65-48-29-15-12-26-43(48)45-34-35-46-44-27-13-16-30-49(44)66(52(46)51(45)65)58-63-55(40-23-8-3-9-24-40)60-56(64-58)42-33-32-37-18-10-11-25-41(37)36-42/h1-36,53H,(H,59,61,62). The quantitative estimate of drug-likeness (QED) is 0.173. The molecule has 4 heterocycles. The van der Waals surface area contributed by atoms with Gasteiger partial charge in [0, 0.05) is 43.8 Å². The number of nitrogens with one attached hydrogen (secondary N) is 1. The Morgan fingerprint density at radius 3 is 1.70 bits per heavy atom. The largest absolute Gasteiger partial charge is 0.344 e. The topological polar surface area (TPSA) is 85.3 Å². The molecule has 1 unspecified atom stereocenters. The van der Waals surface area contributed by atoms with Gasteiger partial charge in [0.15, 0.2) is 17.5 Å². The van der Waals surface area contributed by atoms with Crippen LogP contribution in [0.3, 0.4) is 0 Å². The smallest absolute Gasteiger partial charge is 0.238 e. The van der Waals surface area contributed by atoms with Gasteiger partial charge in [-0.2, -0.15) is 9.97 Å². The van der Waals surface area contributed by atoms with Gasteiger partial charge < -0.3 is 9.88 Å². The van der Waals surface area contributed by atoms with Crippen molar-refractivity contribution in [3.05, 3.63) is 235 Å². The van der Waals surface area contributed by atoms with Gasteiger partial charge >= 0.3 is 0 Å². The average Bonchev–Trinajstić information content (AvgIpc) is 3.92. The van der Waals surface area contributed by atoms with E-state index in [4.69, 9.17) is 24.9 Å². The zero-order valence-electron chi connectivity index (χ0n) is 35.5. The molecule has 1 N–H and O–H groups in total. The zero-order chi connectivity index (χ0) is 43.6. The molecule has 3 aromatic heterocycles. The Labute approximate surface area is 379 Å². The highest BCUT2D eigenvalue weighted by Gasteiger charge is 2.27. The van der Waals surface area contributed by atoms with Crippen molar-refractivity contribution >= 4 is 66.1 Å². The maximum atomic E-state index is 5.39. The van der Waals surface area contributed by atoms with Crippen LogP contribution in [-0.2, 0) is 0 Å². The summed E-state index contributed by atoms with van der Waals surface area (Å²) in [5.41, 5.74) is 9.77. The molecule has 1 aliphatic rings. The SMILES string of the molecule is c1ccc(C2=NC(c3ccccc3-n3c4ccccc4c4ccc5c6ccccc6n(-c6nc(-c7ccccc7)nc(-c7ccc8ccccc8c7)n6)c5c43)=NC(c3ccccc3)N2)cc1. The van der Waals surface area contributed by atoms with Crippen molar-refractivity contribution in [2.24, 2.45) is 9.98 Å². The highest BCUT2D eigenvalue weighted by atomic mass is 15.2. The number of fused-ring (bicyclic) bond motifs is 8.